The summed E-state index contributed by atoms with van der Waals surface area (Å²) >= 11 is 0. The van der Waals surface area contributed by atoms with Gasteiger partial charge in [0.15, 0.2) is 0 Å². The van der Waals surface area contributed by atoms with Crippen LogP contribution in [0.4, 0.5) is 0 Å². The molecule has 0 bridgehead atoms. The maximum absolute atomic E-state index is 12.4. The summed E-state index contributed by atoms with van der Waals surface area (Å²) in [6.45, 7) is 21.4. The van der Waals surface area contributed by atoms with Crippen molar-refractivity contribution in [3.8, 4) is 67.5 Å². The van der Waals surface area contributed by atoms with Gasteiger partial charge in [-0.25, -0.2) is 4.98 Å². The monoisotopic (exact) mass is 778 g/mol. The Kier molecular flexibility index (Phi) is 8.47. The molecular weight excluding hydrogens is 719 g/mol. The number of benzene rings is 6. The maximum atomic E-state index is 12.4. The largest absolute Gasteiger partial charge is 0.507 e. The fourth-order valence-electron chi connectivity index (χ4n) is 7.71. The molecule has 8 aromatic rings. The highest BCUT2D eigenvalue weighted by molar-refractivity contribution is 5.98. The number of para-hydroxylation sites is 2. The lowest BCUT2D eigenvalue weighted by Crippen LogP contribution is -2.17. The van der Waals surface area contributed by atoms with Gasteiger partial charge in [0.25, 0.3) is 0 Å². The molecule has 0 fully saturated rings. The average Bonchev–Trinajstić information content (AvgIpc) is 3.64. The molecule has 0 radical (unpaired) electrons. The van der Waals surface area contributed by atoms with Gasteiger partial charge < -0.3 is 5.11 Å². The molecule has 0 amide bonds. The molecule has 0 spiro atoms. The van der Waals surface area contributed by atoms with E-state index >= 15 is 0 Å². The number of rotatable bonds is 6. The highest BCUT2D eigenvalue weighted by atomic mass is 16.3. The zero-order chi connectivity index (χ0) is 46.2. The Hall–Kier alpha value is -6.26. The Bertz CT molecular complexity index is 3100. The lowest BCUT2D eigenvalue weighted by molar-refractivity contribution is 0.446. The normalized spacial score (nSPS) is 13.5. The number of nitrogens with zero attached hydrogens (tertiary/aromatic N) is 3. The Morgan fingerprint density at radius 1 is 0.559 bits per heavy atom. The summed E-state index contributed by atoms with van der Waals surface area (Å²) in [4.78, 5) is 10.4. The van der Waals surface area contributed by atoms with Crippen molar-refractivity contribution in [2.24, 2.45) is 0 Å². The molecule has 0 saturated carbocycles. The summed E-state index contributed by atoms with van der Waals surface area (Å²) in [7, 11) is 0. The van der Waals surface area contributed by atoms with E-state index in [0.717, 1.165) is 50.2 Å². The van der Waals surface area contributed by atoms with Gasteiger partial charge in [0, 0.05) is 28.5 Å². The van der Waals surface area contributed by atoms with Crippen molar-refractivity contribution >= 4 is 11.0 Å². The van der Waals surface area contributed by atoms with Gasteiger partial charge in [-0.2, -0.15) is 0 Å². The van der Waals surface area contributed by atoms with Crippen LogP contribution in [0.25, 0.3) is 72.7 Å². The molecule has 0 aliphatic heterocycles. The molecule has 0 aliphatic carbocycles. The van der Waals surface area contributed by atoms with Crippen LogP contribution in [0.3, 0.4) is 0 Å². The number of aromatic hydroxyl groups is 1. The van der Waals surface area contributed by atoms with Crippen molar-refractivity contribution in [1.29, 1.82) is 0 Å². The van der Waals surface area contributed by atoms with Crippen LogP contribution in [0.5, 0.6) is 5.75 Å². The van der Waals surface area contributed by atoms with Gasteiger partial charge >= 0.3 is 0 Å². The zero-order valence-corrected chi connectivity index (χ0v) is 35.8. The first kappa shape index (κ1) is 33.7. The quantitative estimate of drug-likeness (QED) is 0.183. The minimum Gasteiger partial charge on any atom is -0.507 e. The number of phenolic OH excluding ortho intramolecular Hbond substituents is 1. The number of fused-ring (bicyclic) bond motifs is 1. The molecule has 6 aromatic carbocycles. The van der Waals surface area contributed by atoms with Crippen LogP contribution in [0.1, 0.15) is 91.4 Å². The highest BCUT2D eigenvalue weighted by Crippen LogP contribution is 2.46. The van der Waals surface area contributed by atoms with Gasteiger partial charge in [-0.3, -0.25) is 9.55 Å². The van der Waals surface area contributed by atoms with Crippen LogP contribution in [-0.4, -0.2) is 19.6 Å². The maximum Gasteiger partial charge on any atom is 0.149 e. The van der Waals surface area contributed by atoms with E-state index in [4.69, 9.17) is 16.8 Å². The molecule has 4 nitrogen and oxygen atoms in total. The number of pyridine rings is 1. The zero-order valence-electron chi connectivity index (χ0n) is 40.8. The van der Waals surface area contributed by atoms with Crippen LogP contribution in [0.2, 0.25) is 0 Å². The fraction of sp³-hybridized carbons (Fsp3) is 0.236. The number of phenols is 1. The van der Waals surface area contributed by atoms with Crippen LogP contribution in [0, 0.1) is 6.92 Å². The summed E-state index contributed by atoms with van der Waals surface area (Å²) in [5.74, 6) is 0.562. The predicted molar refractivity (Wildman–Crippen MR) is 249 cm³/mol. The van der Waals surface area contributed by atoms with Crippen molar-refractivity contribution in [2.75, 3.05) is 0 Å². The number of aryl methyl sites for hydroxylation is 1. The lowest BCUT2D eigenvalue weighted by atomic mass is 9.79. The summed E-state index contributed by atoms with van der Waals surface area (Å²) in [5.41, 5.74) is 11.9. The molecular formula is C55H55N3O. The van der Waals surface area contributed by atoms with E-state index in [0.29, 0.717) is 33.7 Å². The van der Waals surface area contributed by atoms with Crippen LogP contribution >= 0.6 is 0 Å². The van der Waals surface area contributed by atoms with E-state index in [2.05, 4.69) is 130 Å². The Balaban J connectivity index is 1.47. The van der Waals surface area contributed by atoms with Gasteiger partial charge in [0.2, 0.25) is 0 Å². The molecule has 4 heteroatoms. The van der Waals surface area contributed by atoms with E-state index in [1.54, 1.807) is 12.1 Å². The van der Waals surface area contributed by atoms with E-state index < -0.39 is 23.5 Å². The number of imidazole rings is 1. The highest BCUT2D eigenvalue weighted by Gasteiger charge is 2.29. The Morgan fingerprint density at radius 2 is 1.22 bits per heavy atom. The molecule has 0 aliphatic rings. The molecule has 296 valence electrons. The number of hydrogen-bond acceptors (Lipinski definition) is 3. The lowest BCUT2D eigenvalue weighted by Gasteiger charge is -2.27. The van der Waals surface area contributed by atoms with E-state index in [-0.39, 0.29) is 34.2 Å². The minimum absolute atomic E-state index is 0.0801. The third-order valence-electron chi connectivity index (χ3n) is 11.2. The van der Waals surface area contributed by atoms with Gasteiger partial charge in [-0.1, -0.05) is 165 Å². The predicted octanol–water partition coefficient (Wildman–Crippen LogP) is 14.7. The van der Waals surface area contributed by atoms with Crippen LogP contribution < -0.4 is 0 Å². The minimum atomic E-state index is -0.456. The van der Waals surface area contributed by atoms with E-state index in [1.165, 1.54) is 5.56 Å². The molecule has 2 aromatic heterocycles. The first-order valence-corrected chi connectivity index (χ1v) is 20.3. The second-order valence-corrected chi connectivity index (χ2v) is 18.7. The first-order valence-electron chi connectivity index (χ1n) is 22.8. The third kappa shape index (κ3) is 7.72. The van der Waals surface area contributed by atoms with Gasteiger partial charge in [0.05, 0.1) is 34.8 Å². The standard InChI is InChI=1S/C55H55N3O/c1-35-23-25-36(26-24-35)38-27-28-56-47(32-38)40-29-39(30-41(31-40)53(2,3)4)44-20-16-22-49-50(44)57-52(45-33-42(54(5,6)7)34-46(51(45)59)55(8,9)10)58(49)48-21-15-14-19-43(48)37-17-12-11-13-18-37/h11-34,59H,1-10H3/i11D,12D,13D,17D,18D. The van der Waals surface area contributed by atoms with Crippen molar-refractivity contribution in [2.45, 2.75) is 85.5 Å². The van der Waals surface area contributed by atoms with Crippen molar-refractivity contribution in [1.82, 2.24) is 14.5 Å². The summed E-state index contributed by atoms with van der Waals surface area (Å²) < 4.78 is 45.6. The molecule has 0 unspecified atom stereocenters. The molecule has 1 N–H and O–H groups in total. The summed E-state index contributed by atoms with van der Waals surface area (Å²) in [6, 6.07) is 34.9. The van der Waals surface area contributed by atoms with Gasteiger partial charge in [-0.05, 0) is 99.0 Å². The second kappa shape index (κ2) is 14.8. The Labute approximate surface area is 357 Å². The molecule has 2 heterocycles. The first-order chi connectivity index (χ1) is 30.0. The van der Waals surface area contributed by atoms with Crippen molar-refractivity contribution in [3.05, 3.63) is 168 Å². The van der Waals surface area contributed by atoms with E-state index in [1.807, 2.05) is 47.2 Å². The van der Waals surface area contributed by atoms with Crippen LogP contribution in [-0.2, 0) is 16.2 Å². The van der Waals surface area contributed by atoms with E-state index in [9.17, 15) is 5.11 Å². The average molecular weight is 779 g/mol. The molecule has 0 saturated heterocycles. The Morgan fingerprint density at radius 3 is 1.92 bits per heavy atom. The smallest absolute Gasteiger partial charge is 0.149 e. The number of hydrogen-bond donors (Lipinski definition) is 1. The summed E-state index contributed by atoms with van der Waals surface area (Å²) in [5, 5.41) is 12.4. The van der Waals surface area contributed by atoms with Gasteiger partial charge in [-0.15, -0.1) is 0 Å². The summed E-state index contributed by atoms with van der Waals surface area (Å²) in [6.07, 6.45) is 1.86. The fourth-order valence-corrected chi connectivity index (χ4v) is 7.71. The molecule has 8 rings (SSSR count). The topological polar surface area (TPSA) is 50.9 Å². The van der Waals surface area contributed by atoms with Crippen LogP contribution in [0.15, 0.2) is 146 Å². The third-order valence-corrected chi connectivity index (χ3v) is 11.2. The SMILES string of the molecule is [2H]c1c([2H])c([2H])c(-c2ccccc2-n2c(-c3cc(C(C)(C)C)cc(C(C)(C)C)c3O)nc3c(-c4cc(-c5cc(-c6ccc(C)cc6)ccn5)cc(C(C)(C)C)c4)cccc32)c([2H])c1[2H]. The number of aromatic nitrogens is 3. The molecule has 0 atom stereocenters. The van der Waals surface area contributed by atoms with Crippen molar-refractivity contribution in [3.63, 3.8) is 0 Å². The van der Waals surface area contributed by atoms with Crippen molar-refractivity contribution < 1.29 is 12.0 Å². The second-order valence-electron chi connectivity index (χ2n) is 18.7. The molecule has 59 heavy (non-hydrogen) atoms. The van der Waals surface area contributed by atoms with Gasteiger partial charge in [0.1, 0.15) is 11.6 Å².